The maximum absolute atomic E-state index is 4.44. The number of hydrogen-bond acceptors (Lipinski definition) is 3. The topological polar surface area (TPSA) is 44.0 Å². The zero-order valence-electron chi connectivity index (χ0n) is 8.41. The van der Waals surface area contributed by atoms with Crippen LogP contribution in [0.3, 0.4) is 0 Å². The summed E-state index contributed by atoms with van der Waals surface area (Å²) in [4.78, 5) is 9.61. The second kappa shape index (κ2) is 3.67. The monoisotopic (exact) mass is 190 g/mol. The van der Waals surface area contributed by atoms with Gasteiger partial charge in [0, 0.05) is 6.20 Å². The van der Waals surface area contributed by atoms with E-state index in [-0.39, 0.29) is 0 Å². The molecular weight excluding hydrogens is 176 g/mol. The van der Waals surface area contributed by atoms with E-state index < -0.39 is 0 Å². The average Bonchev–Trinajstić information content (AvgIpc) is 2.61. The lowest BCUT2D eigenvalue weighted by Crippen LogP contribution is -2.20. The van der Waals surface area contributed by atoms with Gasteiger partial charge < -0.3 is 10.3 Å². The molecule has 0 bridgehead atoms. The van der Waals surface area contributed by atoms with E-state index in [0.29, 0.717) is 0 Å². The Kier molecular flexibility index (Phi) is 2.37. The minimum atomic E-state index is 0.795. The van der Waals surface area contributed by atoms with Crippen molar-refractivity contribution in [1.29, 1.82) is 0 Å². The molecule has 0 aromatic carbocycles. The molecule has 0 radical (unpaired) electrons. The van der Waals surface area contributed by atoms with E-state index in [4.69, 9.17) is 0 Å². The van der Waals surface area contributed by atoms with E-state index in [2.05, 4.69) is 20.2 Å². The summed E-state index contributed by atoms with van der Waals surface area (Å²) in [7, 11) is 4.03. The molecule has 0 amide bonds. The molecule has 0 saturated heterocycles. The lowest BCUT2D eigenvalue weighted by atomic mass is 10.4. The van der Waals surface area contributed by atoms with Crippen LogP contribution in [0.1, 0.15) is 0 Å². The molecule has 0 saturated carbocycles. The molecule has 0 aliphatic heterocycles. The molecule has 4 nitrogen and oxygen atoms in total. The summed E-state index contributed by atoms with van der Waals surface area (Å²) >= 11 is 0. The molecule has 2 aromatic heterocycles. The van der Waals surface area contributed by atoms with Crippen LogP contribution in [0.2, 0.25) is 0 Å². The third-order valence-corrected chi connectivity index (χ3v) is 1.98. The fourth-order valence-electron chi connectivity index (χ4n) is 1.27. The molecule has 2 N–H and O–H groups in total. The normalized spacial score (nSPS) is 11.1. The van der Waals surface area contributed by atoms with Crippen molar-refractivity contribution >= 4 is 16.9 Å². The van der Waals surface area contributed by atoms with Crippen LogP contribution in [-0.2, 0) is 0 Å². The van der Waals surface area contributed by atoms with Crippen LogP contribution >= 0.6 is 0 Å². The van der Waals surface area contributed by atoms with Crippen LogP contribution < -0.4 is 5.32 Å². The maximum Gasteiger partial charge on any atom is 0.127 e. The second-order valence-electron chi connectivity index (χ2n) is 3.52. The Labute approximate surface area is 82.9 Å². The van der Waals surface area contributed by atoms with E-state index in [1.807, 2.05) is 38.5 Å². The molecule has 0 fully saturated rings. The molecule has 2 aromatic rings. The van der Waals surface area contributed by atoms with Crippen molar-refractivity contribution in [3.63, 3.8) is 0 Å². The number of rotatable bonds is 3. The molecule has 74 valence electrons. The quantitative estimate of drug-likeness (QED) is 0.721. The highest BCUT2D eigenvalue weighted by atomic mass is 15.2. The van der Waals surface area contributed by atoms with E-state index in [9.17, 15) is 0 Å². The first-order valence-electron chi connectivity index (χ1n) is 4.58. The van der Waals surface area contributed by atoms with Crippen molar-refractivity contribution in [3.8, 4) is 0 Å². The van der Waals surface area contributed by atoms with E-state index in [1.54, 1.807) is 0 Å². The first kappa shape index (κ1) is 9.02. The number of nitrogens with zero attached hydrogens (tertiary/aromatic N) is 2. The van der Waals surface area contributed by atoms with Gasteiger partial charge in [-0.25, -0.2) is 4.98 Å². The van der Waals surface area contributed by atoms with Gasteiger partial charge in [0.05, 0.1) is 17.7 Å². The third-order valence-electron chi connectivity index (χ3n) is 1.98. The summed E-state index contributed by atoms with van der Waals surface area (Å²) in [6.07, 6.45) is 1.90. The Morgan fingerprint density at radius 2 is 2.21 bits per heavy atom. The largest absolute Gasteiger partial charge is 0.360 e. The minimum absolute atomic E-state index is 0.795. The fourth-order valence-corrected chi connectivity index (χ4v) is 1.27. The van der Waals surface area contributed by atoms with E-state index >= 15 is 0 Å². The van der Waals surface area contributed by atoms with Crippen LogP contribution in [0.4, 0.5) is 5.82 Å². The number of nitrogens with one attached hydrogen (secondary N) is 2. The van der Waals surface area contributed by atoms with Crippen molar-refractivity contribution in [1.82, 2.24) is 14.9 Å². The van der Waals surface area contributed by atoms with Gasteiger partial charge >= 0.3 is 0 Å². The van der Waals surface area contributed by atoms with Gasteiger partial charge in [0.2, 0.25) is 0 Å². The molecule has 2 heterocycles. The SMILES string of the molecule is CN(C)CNc1ccc2[nH]ccc2n1. The van der Waals surface area contributed by atoms with Gasteiger partial charge in [-0.1, -0.05) is 0 Å². The zero-order valence-corrected chi connectivity index (χ0v) is 8.41. The Morgan fingerprint density at radius 1 is 1.36 bits per heavy atom. The predicted octanol–water partition coefficient (Wildman–Crippen LogP) is 1.49. The summed E-state index contributed by atoms with van der Waals surface area (Å²) in [6.45, 7) is 0.795. The molecular formula is C10H14N4. The number of hydrogen-bond donors (Lipinski definition) is 2. The Hall–Kier alpha value is -1.55. The minimum Gasteiger partial charge on any atom is -0.360 e. The summed E-state index contributed by atoms with van der Waals surface area (Å²) in [6, 6.07) is 5.97. The van der Waals surface area contributed by atoms with Crippen LogP contribution in [-0.4, -0.2) is 35.6 Å². The second-order valence-corrected chi connectivity index (χ2v) is 3.52. The van der Waals surface area contributed by atoms with Gasteiger partial charge in [-0.2, -0.15) is 0 Å². The number of aromatic amines is 1. The summed E-state index contributed by atoms with van der Waals surface area (Å²) in [5, 5.41) is 3.23. The standard InChI is InChI=1S/C10H14N4/c1-14(2)7-12-10-4-3-8-9(13-10)5-6-11-8/h3-6,11H,7H2,1-2H3,(H,12,13). The van der Waals surface area contributed by atoms with Gasteiger partial charge in [-0.05, 0) is 32.3 Å². The molecule has 2 rings (SSSR count). The van der Waals surface area contributed by atoms with Crippen LogP contribution in [0, 0.1) is 0 Å². The summed E-state index contributed by atoms with van der Waals surface area (Å²) < 4.78 is 0. The maximum atomic E-state index is 4.44. The number of aromatic nitrogens is 2. The zero-order chi connectivity index (χ0) is 9.97. The molecule has 0 unspecified atom stereocenters. The highest BCUT2D eigenvalue weighted by Gasteiger charge is 1.97. The first-order valence-corrected chi connectivity index (χ1v) is 4.58. The lowest BCUT2D eigenvalue weighted by Gasteiger charge is -2.11. The fraction of sp³-hybridized carbons (Fsp3) is 0.300. The Bertz CT molecular complexity index is 419. The van der Waals surface area contributed by atoms with E-state index in [0.717, 1.165) is 23.5 Å². The van der Waals surface area contributed by atoms with Gasteiger partial charge in [0.1, 0.15) is 5.82 Å². The Morgan fingerprint density at radius 3 is 3.00 bits per heavy atom. The molecule has 0 atom stereocenters. The smallest absolute Gasteiger partial charge is 0.127 e. The van der Waals surface area contributed by atoms with Gasteiger partial charge in [0.25, 0.3) is 0 Å². The number of H-pyrrole nitrogens is 1. The van der Waals surface area contributed by atoms with Crippen molar-refractivity contribution in [2.45, 2.75) is 0 Å². The summed E-state index contributed by atoms with van der Waals surface area (Å²) in [5.74, 6) is 0.908. The number of fused-ring (bicyclic) bond motifs is 1. The van der Waals surface area contributed by atoms with Gasteiger partial charge in [-0.15, -0.1) is 0 Å². The average molecular weight is 190 g/mol. The predicted molar refractivity (Wildman–Crippen MR) is 58.3 cm³/mol. The molecule has 0 aliphatic carbocycles. The van der Waals surface area contributed by atoms with Gasteiger partial charge in [-0.3, -0.25) is 4.90 Å². The molecule has 0 spiro atoms. The van der Waals surface area contributed by atoms with Crippen LogP contribution in [0.15, 0.2) is 24.4 Å². The Balaban J connectivity index is 2.17. The number of anilines is 1. The molecule has 4 heteroatoms. The lowest BCUT2D eigenvalue weighted by molar-refractivity contribution is 0.439. The van der Waals surface area contributed by atoms with Crippen molar-refractivity contribution in [2.75, 3.05) is 26.1 Å². The molecule has 14 heavy (non-hydrogen) atoms. The third kappa shape index (κ3) is 1.85. The highest BCUT2D eigenvalue weighted by Crippen LogP contribution is 2.12. The van der Waals surface area contributed by atoms with Gasteiger partial charge in [0.15, 0.2) is 0 Å². The van der Waals surface area contributed by atoms with Crippen LogP contribution in [0.25, 0.3) is 11.0 Å². The highest BCUT2D eigenvalue weighted by molar-refractivity contribution is 5.76. The number of pyridine rings is 1. The summed E-state index contributed by atoms with van der Waals surface area (Å²) in [5.41, 5.74) is 2.06. The molecule has 0 aliphatic rings. The van der Waals surface area contributed by atoms with Crippen molar-refractivity contribution < 1.29 is 0 Å². The van der Waals surface area contributed by atoms with Crippen molar-refractivity contribution in [2.24, 2.45) is 0 Å². The first-order chi connectivity index (χ1) is 6.75. The van der Waals surface area contributed by atoms with Crippen LogP contribution in [0.5, 0.6) is 0 Å². The van der Waals surface area contributed by atoms with Crippen molar-refractivity contribution in [3.05, 3.63) is 24.4 Å². The van der Waals surface area contributed by atoms with E-state index in [1.165, 1.54) is 0 Å².